The molecule has 0 radical (unpaired) electrons. The fourth-order valence-electron chi connectivity index (χ4n) is 3.19. The molecule has 27 heavy (non-hydrogen) atoms. The highest BCUT2D eigenvalue weighted by atomic mass is 16.5. The average Bonchev–Trinajstić information content (AvgIpc) is 3.31. The molecule has 1 aliphatic heterocycles. The van der Waals surface area contributed by atoms with E-state index in [1.807, 2.05) is 13.1 Å². The van der Waals surface area contributed by atoms with Gasteiger partial charge in [-0.2, -0.15) is 5.10 Å². The smallest absolute Gasteiger partial charge is 0.255 e. The Balaban J connectivity index is 1.57. The number of benzene rings is 1. The van der Waals surface area contributed by atoms with Crippen molar-refractivity contribution >= 4 is 16.9 Å². The first-order valence-electron chi connectivity index (χ1n) is 8.72. The number of hydrogen-bond donors (Lipinski definition) is 2. The molecule has 0 spiro atoms. The van der Waals surface area contributed by atoms with Gasteiger partial charge in [-0.15, -0.1) is 0 Å². The SMILES string of the molecule is Cc1oc2ccc(OCc3ccnn3C)cc2c1C(=O)N[C@H]1COCC1O. The van der Waals surface area contributed by atoms with Crippen LogP contribution >= 0.6 is 0 Å². The highest BCUT2D eigenvalue weighted by molar-refractivity contribution is 6.07. The monoisotopic (exact) mass is 371 g/mol. The molecule has 3 heterocycles. The summed E-state index contributed by atoms with van der Waals surface area (Å²) >= 11 is 0. The summed E-state index contributed by atoms with van der Waals surface area (Å²) in [5.41, 5.74) is 1.98. The third kappa shape index (κ3) is 3.41. The molecule has 3 aromatic rings. The molecule has 0 aliphatic carbocycles. The minimum Gasteiger partial charge on any atom is -0.487 e. The highest BCUT2D eigenvalue weighted by Crippen LogP contribution is 2.29. The predicted octanol–water partition coefficient (Wildman–Crippen LogP) is 1.54. The van der Waals surface area contributed by atoms with Crippen LogP contribution in [0.1, 0.15) is 21.8 Å². The normalized spacial score (nSPS) is 19.5. The fraction of sp³-hybridized carbons (Fsp3) is 0.368. The van der Waals surface area contributed by atoms with Crippen LogP contribution in [0.2, 0.25) is 0 Å². The number of carbonyl (C=O) groups excluding carboxylic acids is 1. The largest absolute Gasteiger partial charge is 0.487 e. The first kappa shape index (κ1) is 17.6. The van der Waals surface area contributed by atoms with Gasteiger partial charge in [0.1, 0.15) is 23.7 Å². The number of fused-ring (bicyclic) bond motifs is 1. The van der Waals surface area contributed by atoms with Gasteiger partial charge in [-0.3, -0.25) is 9.48 Å². The first-order valence-corrected chi connectivity index (χ1v) is 8.72. The number of furan rings is 1. The number of amides is 1. The van der Waals surface area contributed by atoms with Crippen molar-refractivity contribution in [2.45, 2.75) is 25.7 Å². The summed E-state index contributed by atoms with van der Waals surface area (Å²) in [5.74, 6) is 0.840. The number of aliphatic hydroxyl groups is 1. The van der Waals surface area contributed by atoms with E-state index in [1.165, 1.54) is 0 Å². The standard InChI is InChI=1S/C19H21N3O5/c1-11-18(19(24)21-15-9-25-10-16(15)23)14-7-13(3-4-17(14)27-11)26-8-12-5-6-20-22(12)2/h3-7,15-16,23H,8-10H2,1-2H3,(H,21,24)/t15-,16?/m0/s1. The van der Waals surface area contributed by atoms with Crippen molar-refractivity contribution in [2.75, 3.05) is 13.2 Å². The molecule has 142 valence electrons. The van der Waals surface area contributed by atoms with Crippen LogP contribution in [0.25, 0.3) is 11.0 Å². The molecule has 1 amide bonds. The summed E-state index contributed by atoms with van der Waals surface area (Å²) < 4.78 is 18.5. The lowest BCUT2D eigenvalue weighted by Gasteiger charge is -2.14. The van der Waals surface area contributed by atoms with Gasteiger partial charge >= 0.3 is 0 Å². The molecule has 0 bridgehead atoms. The summed E-state index contributed by atoms with van der Waals surface area (Å²) in [6, 6.07) is 6.84. The number of nitrogens with zero attached hydrogens (tertiary/aromatic N) is 2. The molecule has 1 saturated heterocycles. The summed E-state index contributed by atoms with van der Waals surface area (Å²) in [6.45, 7) is 2.63. The minimum atomic E-state index is -0.704. The summed E-state index contributed by atoms with van der Waals surface area (Å²) in [4.78, 5) is 12.8. The Kier molecular flexibility index (Phi) is 4.59. The number of rotatable bonds is 5. The molecule has 8 nitrogen and oxygen atoms in total. The zero-order valence-corrected chi connectivity index (χ0v) is 15.1. The number of aromatic nitrogens is 2. The Morgan fingerprint density at radius 2 is 2.26 bits per heavy atom. The van der Waals surface area contributed by atoms with Crippen LogP contribution < -0.4 is 10.1 Å². The molecular formula is C19H21N3O5. The summed E-state index contributed by atoms with van der Waals surface area (Å²) in [7, 11) is 1.85. The van der Waals surface area contributed by atoms with Gasteiger partial charge in [0.15, 0.2) is 0 Å². The Hall–Kier alpha value is -2.84. The third-order valence-electron chi connectivity index (χ3n) is 4.74. The van der Waals surface area contributed by atoms with Gasteiger partial charge in [-0.1, -0.05) is 0 Å². The molecule has 1 aliphatic rings. The molecule has 1 unspecified atom stereocenters. The number of aliphatic hydroxyl groups excluding tert-OH is 1. The highest BCUT2D eigenvalue weighted by Gasteiger charge is 2.29. The summed E-state index contributed by atoms with van der Waals surface area (Å²) in [5, 5.41) is 17.5. The maximum Gasteiger partial charge on any atom is 0.255 e. The molecule has 8 heteroatoms. The fourth-order valence-corrected chi connectivity index (χ4v) is 3.19. The Labute approximate surface area is 155 Å². The van der Waals surface area contributed by atoms with Crippen molar-refractivity contribution in [3.8, 4) is 5.75 Å². The van der Waals surface area contributed by atoms with Crippen molar-refractivity contribution in [2.24, 2.45) is 7.05 Å². The number of nitrogens with one attached hydrogen (secondary N) is 1. The van der Waals surface area contributed by atoms with Crippen molar-refractivity contribution < 1.29 is 23.8 Å². The van der Waals surface area contributed by atoms with Gasteiger partial charge in [0.2, 0.25) is 0 Å². The maximum atomic E-state index is 12.8. The van der Waals surface area contributed by atoms with Crippen molar-refractivity contribution in [1.29, 1.82) is 0 Å². The maximum absolute atomic E-state index is 12.8. The minimum absolute atomic E-state index is 0.224. The second-order valence-electron chi connectivity index (χ2n) is 6.61. The number of ether oxygens (including phenoxy) is 2. The van der Waals surface area contributed by atoms with Crippen LogP contribution in [0.15, 0.2) is 34.9 Å². The molecule has 0 saturated carbocycles. The van der Waals surface area contributed by atoms with Crippen molar-refractivity contribution in [3.63, 3.8) is 0 Å². The molecule has 4 rings (SSSR count). The van der Waals surface area contributed by atoms with E-state index in [4.69, 9.17) is 13.9 Å². The molecule has 2 N–H and O–H groups in total. The van der Waals surface area contributed by atoms with E-state index in [2.05, 4.69) is 10.4 Å². The van der Waals surface area contributed by atoms with Crippen LogP contribution in [-0.2, 0) is 18.4 Å². The zero-order valence-electron chi connectivity index (χ0n) is 15.1. The lowest BCUT2D eigenvalue weighted by Crippen LogP contribution is -2.42. The van der Waals surface area contributed by atoms with Gasteiger partial charge < -0.3 is 24.3 Å². The Morgan fingerprint density at radius 3 is 2.96 bits per heavy atom. The topological polar surface area (TPSA) is 98.8 Å². The van der Waals surface area contributed by atoms with Crippen molar-refractivity contribution in [3.05, 3.63) is 47.5 Å². The average molecular weight is 371 g/mol. The number of carbonyl (C=O) groups is 1. The molecule has 1 aromatic carbocycles. The number of aryl methyl sites for hydroxylation is 2. The van der Waals surface area contributed by atoms with Crippen LogP contribution in [0.5, 0.6) is 5.75 Å². The van der Waals surface area contributed by atoms with E-state index in [-0.39, 0.29) is 12.5 Å². The second kappa shape index (κ2) is 7.05. The predicted molar refractivity (Wildman–Crippen MR) is 96.6 cm³/mol. The number of hydrogen-bond acceptors (Lipinski definition) is 6. The zero-order chi connectivity index (χ0) is 19.0. The van der Waals surface area contributed by atoms with Crippen LogP contribution in [0.3, 0.4) is 0 Å². The van der Waals surface area contributed by atoms with Gasteiger partial charge in [0.25, 0.3) is 5.91 Å². The Morgan fingerprint density at radius 1 is 1.41 bits per heavy atom. The van der Waals surface area contributed by atoms with Crippen LogP contribution in [0, 0.1) is 6.92 Å². The van der Waals surface area contributed by atoms with Gasteiger partial charge in [-0.25, -0.2) is 0 Å². The molecule has 2 aromatic heterocycles. The molecular weight excluding hydrogens is 350 g/mol. The lowest BCUT2D eigenvalue weighted by molar-refractivity contribution is 0.0886. The van der Waals surface area contributed by atoms with Gasteiger partial charge in [0, 0.05) is 18.6 Å². The van der Waals surface area contributed by atoms with Crippen LogP contribution in [0.4, 0.5) is 0 Å². The first-order chi connectivity index (χ1) is 13.0. The van der Waals surface area contributed by atoms with Crippen molar-refractivity contribution in [1.82, 2.24) is 15.1 Å². The summed E-state index contributed by atoms with van der Waals surface area (Å²) in [6.07, 6.45) is 1.01. The van der Waals surface area contributed by atoms with E-state index in [0.29, 0.717) is 41.3 Å². The Bertz CT molecular complexity index is 977. The van der Waals surface area contributed by atoms with Gasteiger partial charge in [0.05, 0.1) is 36.6 Å². The quantitative estimate of drug-likeness (QED) is 0.706. The van der Waals surface area contributed by atoms with E-state index in [9.17, 15) is 9.90 Å². The second-order valence-corrected chi connectivity index (χ2v) is 6.61. The van der Waals surface area contributed by atoms with E-state index < -0.39 is 12.1 Å². The van der Waals surface area contributed by atoms with E-state index in [0.717, 1.165) is 5.69 Å². The molecule has 2 atom stereocenters. The molecule has 1 fully saturated rings. The van der Waals surface area contributed by atoms with Crippen LogP contribution in [-0.4, -0.2) is 46.2 Å². The van der Waals surface area contributed by atoms with E-state index in [1.54, 1.807) is 36.0 Å². The third-order valence-corrected chi connectivity index (χ3v) is 4.74. The van der Waals surface area contributed by atoms with Gasteiger partial charge in [-0.05, 0) is 31.2 Å². The van der Waals surface area contributed by atoms with E-state index >= 15 is 0 Å². The lowest BCUT2D eigenvalue weighted by atomic mass is 10.1.